The highest BCUT2D eigenvalue weighted by Crippen LogP contribution is 2.30. The lowest BCUT2D eigenvalue weighted by Crippen LogP contribution is -2.40. The molecule has 1 atom stereocenters. The summed E-state index contributed by atoms with van der Waals surface area (Å²) in [4.78, 5) is 0.191. The van der Waals surface area contributed by atoms with Crippen LogP contribution in [0.2, 0.25) is 0 Å². The fourth-order valence-electron chi connectivity index (χ4n) is 2.19. The fraction of sp³-hybridized carbons (Fsp3) is 0.750. The van der Waals surface area contributed by atoms with E-state index in [1.165, 1.54) is 18.8 Å². The van der Waals surface area contributed by atoms with Crippen molar-refractivity contribution in [1.29, 1.82) is 0 Å². The van der Waals surface area contributed by atoms with Gasteiger partial charge in [-0.3, -0.25) is 4.68 Å². The Morgan fingerprint density at radius 3 is 2.89 bits per heavy atom. The number of aliphatic hydroxyl groups is 1. The molecule has 2 rings (SSSR count). The molecular formula is C12H21N3O3S. The van der Waals surface area contributed by atoms with Crippen LogP contribution in [0.1, 0.15) is 32.6 Å². The number of aromatic nitrogens is 2. The predicted molar refractivity (Wildman–Crippen MR) is 71.1 cm³/mol. The molecule has 0 aliphatic heterocycles. The molecule has 1 unspecified atom stereocenters. The highest BCUT2D eigenvalue weighted by molar-refractivity contribution is 7.89. The van der Waals surface area contributed by atoms with Crippen LogP contribution in [0.3, 0.4) is 0 Å². The van der Waals surface area contributed by atoms with Crippen molar-refractivity contribution in [3.05, 3.63) is 12.4 Å². The molecular weight excluding hydrogens is 266 g/mol. The Kier molecular flexibility index (Phi) is 4.59. The second-order valence-corrected chi connectivity index (χ2v) is 6.83. The van der Waals surface area contributed by atoms with Gasteiger partial charge in [-0.1, -0.05) is 6.42 Å². The van der Waals surface area contributed by atoms with Crippen LogP contribution in [0.5, 0.6) is 0 Å². The zero-order valence-electron chi connectivity index (χ0n) is 11.1. The molecule has 0 radical (unpaired) electrons. The van der Waals surface area contributed by atoms with Crippen LogP contribution in [0.25, 0.3) is 0 Å². The quantitative estimate of drug-likeness (QED) is 0.774. The van der Waals surface area contributed by atoms with Gasteiger partial charge in [0.05, 0.1) is 6.20 Å². The lowest BCUT2D eigenvalue weighted by atomic mass is 9.81. The highest BCUT2D eigenvalue weighted by Gasteiger charge is 2.28. The zero-order valence-corrected chi connectivity index (χ0v) is 11.9. The summed E-state index contributed by atoms with van der Waals surface area (Å²) in [7, 11) is -3.48. The minimum Gasteiger partial charge on any atom is -0.396 e. The van der Waals surface area contributed by atoms with Crippen molar-refractivity contribution in [2.24, 2.45) is 5.92 Å². The summed E-state index contributed by atoms with van der Waals surface area (Å²) in [5.74, 6) is 0.458. The van der Waals surface area contributed by atoms with Gasteiger partial charge >= 0.3 is 0 Å². The van der Waals surface area contributed by atoms with Gasteiger partial charge < -0.3 is 5.11 Å². The monoisotopic (exact) mass is 287 g/mol. The third-order valence-corrected chi connectivity index (χ3v) is 5.18. The van der Waals surface area contributed by atoms with E-state index in [1.54, 1.807) is 4.68 Å². The molecule has 2 N–H and O–H groups in total. The van der Waals surface area contributed by atoms with Gasteiger partial charge in [-0.2, -0.15) is 5.10 Å². The van der Waals surface area contributed by atoms with E-state index in [9.17, 15) is 8.42 Å². The Morgan fingerprint density at radius 1 is 1.58 bits per heavy atom. The molecule has 0 amide bonds. The van der Waals surface area contributed by atoms with Gasteiger partial charge in [0.2, 0.25) is 10.0 Å². The van der Waals surface area contributed by atoms with E-state index in [-0.39, 0.29) is 17.5 Å². The molecule has 0 bridgehead atoms. The first-order valence-electron chi connectivity index (χ1n) is 6.68. The summed E-state index contributed by atoms with van der Waals surface area (Å²) in [6.45, 7) is 2.50. The van der Waals surface area contributed by atoms with E-state index in [4.69, 9.17) is 5.11 Å². The molecule has 0 spiro atoms. The molecule has 108 valence electrons. The van der Waals surface area contributed by atoms with Gasteiger partial charge in [0, 0.05) is 25.4 Å². The Labute approximate surface area is 113 Å². The van der Waals surface area contributed by atoms with E-state index in [1.807, 2.05) is 6.92 Å². The minimum atomic E-state index is -3.48. The van der Waals surface area contributed by atoms with E-state index in [0.29, 0.717) is 18.9 Å². The average Bonchev–Trinajstić information content (AvgIpc) is 2.72. The first-order chi connectivity index (χ1) is 9.03. The summed E-state index contributed by atoms with van der Waals surface area (Å²) in [5, 5.41) is 12.7. The van der Waals surface area contributed by atoms with E-state index in [2.05, 4.69) is 9.82 Å². The van der Waals surface area contributed by atoms with Crippen molar-refractivity contribution in [3.8, 4) is 0 Å². The first kappa shape index (κ1) is 14.5. The molecule has 1 aliphatic rings. The number of nitrogens with one attached hydrogen (secondary N) is 1. The van der Waals surface area contributed by atoms with E-state index >= 15 is 0 Å². The summed E-state index contributed by atoms with van der Waals surface area (Å²) in [5.41, 5.74) is 0. The second kappa shape index (κ2) is 6.02. The molecule has 1 fully saturated rings. The van der Waals surface area contributed by atoms with Gasteiger partial charge in [-0.05, 0) is 32.1 Å². The maximum atomic E-state index is 12.2. The molecule has 1 aromatic rings. The van der Waals surface area contributed by atoms with Crippen molar-refractivity contribution in [3.63, 3.8) is 0 Å². The predicted octanol–water partition coefficient (Wildman–Crippen LogP) is 0.732. The van der Waals surface area contributed by atoms with Crippen LogP contribution in [0.4, 0.5) is 0 Å². The largest absolute Gasteiger partial charge is 0.396 e. The second-order valence-electron chi connectivity index (χ2n) is 5.12. The van der Waals surface area contributed by atoms with Gasteiger partial charge in [-0.25, -0.2) is 13.1 Å². The zero-order chi connectivity index (χ0) is 13.9. The minimum absolute atomic E-state index is 0.0282. The Morgan fingerprint density at radius 2 is 2.32 bits per heavy atom. The lowest BCUT2D eigenvalue weighted by Gasteiger charge is -2.31. The smallest absolute Gasteiger partial charge is 0.243 e. The van der Waals surface area contributed by atoms with Gasteiger partial charge in [0.1, 0.15) is 4.90 Å². The molecule has 0 aromatic carbocycles. The summed E-state index contributed by atoms with van der Waals surface area (Å²) < 4.78 is 28.6. The van der Waals surface area contributed by atoms with Crippen molar-refractivity contribution in [2.75, 3.05) is 6.61 Å². The molecule has 6 nitrogen and oxygen atoms in total. The number of aliphatic hydroxyl groups excluding tert-OH is 1. The SMILES string of the molecule is CC(NS(=O)(=O)c1cnn(CCCO)c1)C1CCC1. The van der Waals surface area contributed by atoms with Crippen LogP contribution in [0.15, 0.2) is 17.3 Å². The van der Waals surface area contributed by atoms with Crippen LogP contribution >= 0.6 is 0 Å². The van der Waals surface area contributed by atoms with E-state index in [0.717, 1.165) is 12.8 Å². The fourth-order valence-corrected chi connectivity index (χ4v) is 3.45. The van der Waals surface area contributed by atoms with Crippen LogP contribution in [-0.2, 0) is 16.6 Å². The number of aryl methyl sites for hydroxylation is 1. The van der Waals surface area contributed by atoms with Gasteiger partial charge in [0.25, 0.3) is 0 Å². The van der Waals surface area contributed by atoms with Crippen molar-refractivity contribution < 1.29 is 13.5 Å². The van der Waals surface area contributed by atoms with Crippen LogP contribution in [0, 0.1) is 5.92 Å². The normalized spacial score (nSPS) is 18.2. The number of nitrogens with zero attached hydrogens (tertiary/aromatic N) is 2. The highest BCUT2D eigenvalue weighted by atomic mass is 32.2. The van der Waals surface area contributed by atoms with Gasteiger partial charge in [-0.15, -0.1) is 0 Å². The number of sulfonamides is 1. The molecule has 0 saturated heterocycles. The molecule has 19 heavy (non-hydrogen) atoms. The lowest BCUT2D eigenvalue weighted by molar-refractivity contribution is 0.260. The number of hydrogen-bond donors (Lipinski definition) is 2. The maximum absolute atomic E-state index is 12.2. The van der Waals surface area contributed by atoms with Crippen LogP contribution in [-0.4, -0.2) is 36.0 Å². The molecule has 1 saturated carbocycles. The topological polar surface area (TPSA) is 84.2 Å². The first-order valence-corrected chi connectivity index (χ1v) is 8.17. The van der Waals surface area contributed by atoms with E-state index < -0.39 is 10.0 Å². The third-order valence-electron chi connectivity index (χ3n) is 3.66. The summed E-state index contributed by atoms with van der Waals surface area (Å²) >= 11 is 0. The molecule has 7 heteroatoms. The maximum Gasteiger partial charge on any atom is 0.243 e. The Hall–Kier alpha value is -0.920. The summed E-state index contributed by atoms with van der Waals surface area (Å²) in [6.07, 6.45) is 6.81. The van der Waals surface area contributed by atoms with Crippen LogP contribution < -0.4 is 4.72 Å². The molecule has 1 aromatic heterocycles. The molecule has 1 heterocycles. The van der Waals surface area contributed by atoms with Gasteiger partial charge in [0.15, 0.2) is 0 Å². The number of rotatable bonds is 7. The van der Waals surface area contributed by atoms with Crippen molar-refractivity contribution in [2.45, 2.75) is 50.1 Å². The Balaban J connectivity index is 1.99. The third kappa shape index (κ3) is 3.55. The summed E-state index contributed by atoms with van der Waals surface area (Å²) in [6, 6.07) is -0.0282. The number of hydrogen-bond acceptors (Lipinski definition) is 4. The van der Waals surface area contributed by atoms with Crippen molar-refractivity contribution >= 4 is 10.0 Å². The average molecular weight is 287 g/mol. The Bertz CT molecular complexity index is 508. The standard InChI is InChI=1S/C12H21N3O3S/c1-10(11-4-2-5-11)14-19(17,18)12-8-13-15(9-12)6-3-7-16/h8-11,14,16H,2-7H2,1H3. The molecule has 1 aliphatic carbocycles. The van der Waals surface area contributed by atoms with Crippen molar-refractivity contribution in [1.82, 2.24) is 14.5 Å².